The van der Waals surface area contributed by atoms with Gasteiger partial charge in [-0.3, -0.25) is 4.79 Å². The highest BCUT2D eigenvalue weighted by molar-refractivity contribution is 5.97. The fourth-order valence-electron chi connectivity index (χ4n) is 2.66. The Kier molecular flexibility index (Phi) is 5.62. The maximum absolute atomic E-state index is 12.5. The molecule has 2 N–H and O–H groups in total. The van der Waals surface area contributed by atoms with E-state index in [0.29, 0.717) is 12.1 Å². The molecular weight excluding hydrogens is 300 g/mol. The third-order valence-corrected chi connectivity index (χ3v) is 4.49. The lowest BCUT2D eigenvalue weighted by Crippen LogP contribution is -2.34. The number of amides is 1. The van der Waals surface area contributed by atoms with Gasteiger partial charge in [-0.15, -0.1) is 0 Å². The first-order valence-electron chi connectivity index (χ1n) is 8.11. The quantitative estimate of drug-likeness (QED) is 0.886. The Labute approximate surface area is 144 Å². The van der Waals surface area contributed by atoms with Crippen LogP contribution in [0.2, 0.25) is 0 Å². The predicted octanol–water partition coefficient (Wildman–Crippen LogP) is 3.35. The second kappa shape index (κ2) is 7.49. The normalized spacial score (nSPS) is 12.2. The average Bonchev–Trinajstić information content (AvgIpc) is 2.54. The van der Waals surface area contributed by atoms with Gasteiger partial charge >= 0.3 is 0 Å². The molecule has 0 aliphatic heterocycles. The van der Waals surface area contributed by atoms with Gasteiger partial charge in [0, 0.05) is 6.54 Å². The highest BCUT2D eigenvalue weighted by Crippen LogP contribution is 2.25. The third-order valence-electron chi connectivity index (χ3n) is 4.49. The summed E-state index contributed by atoms with van der Waals surface area (Å²) in [6.45, 7) is 6.26. The highest BCUT2D eigenvalue weighted by Gasteiger charge is 2.18. The molecule has 4 nitrogen and oxygen atoms in total. The molecule has 24 heavy (non-hydrogen) atoms. The second-order valence-corrected chi connectivity index (χ2v) is 6.50. The molecule has 2 rings (SSSR count). The summed E-state index contributed by atoms with van der Waals surface area (Å²) < 4.78 is 0. The minimum absolute atomic E-state index is 0.0595. The van der Waals surface area contributed by atoms with E-state index in [-0.39, 0.29) is 17.7 Å². The molecule has 0 unspecified atom stereocenters. The molecule has 0 bridgehead atoms. The number of hydrogen-bond donors (Lipinski definition) is 2. The fourth-order valence-corrected chi connectivity index (χ4v) is 2.66. The monoisotopic (exact) mass is 326 g/mol. The van der Waals surface area contributed by atoms with Gasteiger partial charge in [-0.2, -0.15) is 0 Å². The van der Waals surface area contributed by atoms with Crippen molar-refractivity contribution in [2.45, 2.75) is 26.8 Å². The van der Waals surface area contributed by atoms with Gasteiger partial charge in [0.2, 0.25) is 0 Å². The lowest BCUT2D eigenvalue weighted by atomic mass is 10.0. The van der Waals surface area contributed by atoms with Crippen LogP contribution in [0.15, 0.2) is 36.4 Å². The van der Waals surface area contributed by atoms with E-state index in [9.17, 15) is 9.90 Å². The number of phenols is 1. The Balaban J connectivity index is 2.14. The molecule has 0 saturated carbocycles. The molecule has 1 amide bonds. The third kappa shape index (κ3) is 3.95. The van der Waals surface area contributed by atoms with Crippen LogP contribution in [0.1, 0.15) is 38.7 Å². The van der Waals surface area contributed by atoms with Crippen LogP contribution in [-0.2, 0) is 0 Å². The van der Waals surface area contributed by atoms with Crippen molar-refractivity contribution in [3.05, 3.63) is 64.2 Å². The SMILES string of the molecule is Cc1ccc([C@H](CNC(=O)c2ccc(C)c(C)c2O)N(C)C)cc1. The molecule has 0 aliphatic rings. The minimum atomic E-state index is -0.255. The van der Waals surface area contributed by atoms with Crippen LogP contribution < -0.4 is 5.32 Å². The first-order chi connectivity index (χ1) is 11.3. The van der Waals surface area contributed by atoms with E-state index in [2.05, 4.69) is 41.4 Å². The number of aromatic hydroxyl groups is 1. The van der Waals surface area contributed by atoms with Crippen molar-refractivity contribution in [3.8, 4) is 5.75 Å². The number of hydrogen-bond acceptors (Lipinski definition) is 3. The molecule has 0 saturated heterocycles. The van der Waals surface area contributed by atoms with E-state index in [1.165, 1.54) is 5.56 Å². The van der Waals surface area contributed by atoms with Gasteiger partial charge in [-0.05, 0) is 57.6 Å². The Morgan fingerprint density at radius 2 is 1.71 bits per heavy atom. The summed E-state index contributed by atoms with van der Waals surface area (Å²) in [6, 6.07) is 11.9. The maximum Gasteiger partial charge on any atom is 0.255 e. The lowest BCUT2D eigenvalue weighted by Gasteiger charge is -2.25. The van der Waals surface area contributed by atoms with Crippen LogP contribution in [0, 0.1) is 20.8 Å². The highest BCUT2D eigenvalue weighted by atomic mass is 16.3. The summed E-state index contributed by atoms with van der Waals surface area (Å²) in [4.78, 5) is 14.5. The summed E-state index contributed by atoms with van der Waals surface area (Å²) >= 11 is 0. The van der Waals surface area contributed by atoms with Gasteiger partial charge in [-0.25, -0.2) is 0 Å². The van der Waals surface area contributed by atoms with Crippen molar-refractivity contribution in [3.63, 3.8) is 0 Å². The zero-order valence-electron chi connectivity index (χ0n) is 15.1. The number of likely N-dealkylation sites (N-methyl/N-ethyl adjacent to an activating group) is 1. The summed E-state index contributed by atoms with van der Waals surface area (Å²) in [6.07, 6.45) is 0. The summed E-state index contributed by atoms with van der Waals surface area (Å²) in [5.74, 6) is -0.196. The van der Waals surface area contributed by atoms with Gasteiger partial charge in [0.25, 0.3) is 5.91 Å². The molecule has 2 aromatic rings. The fraction of sp³-hybridized carbons (Fsp3) is 0.350. The first kappa shape index (κ1) is 18.0. The number of benzene rings is 2. The zero-order valence-corrected chi connectivity index (χ0v) is 15.1. The maximum atomic E-state index is 12.5. The number of nitrogens with one attached hydrogen (secondary N) is 1. The number of phenolic OH excluding ortho intramolecular Hbond substituents is 1. The van der Waals surface area contributed by atoms with Crippen LogP contribution in [0.4, 0.5) is 0 Å². The molecule has 128 valence electrons. The van der Waals surface area contributed by atoms with Crippen molar-refractivity contribution in [1.29, 1.82) is 0 Å². The molecule has 0 aliphatic carbocycles. The number of carbonyl (C=O) groups excluding carboxylic acids is 1. The van der Waals surface area contributed by atoms with Gasteiger partial charge in [0.15, 0.2) is 0 Å². The van der Waals surface area contributed by atoms with E-state index in [4.69, 9.17) is 0 Å². The smallest absolute Gasteiger partial charge is 0.255 e. The average molecular weight is 326 g/mol. The minimum Gasteiger partial charge on any atom is -0.507 e. The number of carbonyl (C=O) groups is 1. The molecule has 0 heterocycles. The first-order valence-corrected chi connectivity index (χ1v) is 8.11. The van der Waals surface area contributed by atoms with Crippen LogP contribution in [0.25, 0.3) is 0 Å². The molecule has 4 heteroatoms. The summed E-state index contributed by atoms with van der Waals surface area (Å²) in [7, 11) is 3.98. The topological polar surface area (TPSA) is 52.6 Å². The number of nitrogens with zero attached hydrogens (tertiary/aromatic N) is 1. The van der Waals surface area contributed by atoms with E-state index in [0.717, 1.165) is 16.7 Å². The summed E-state index contributed by atoms with van der Waals surface area (Å²) in [5, 5.41) is 13.1. The molecule has 0 aromatic heterocycles. The molecule has 0 radical (unpaired) electrons. The van der Waals surface area contributed by atoms with Gasteiger partial charge in [0.1, 0.15) is 5.75 Å². The van der Waals surface area contributed by atoms with Gasteiger partial charge in [-0.1, -0.05) is 35.9 Å². The molecule has 1 atom stereocenters. The van der Waals surface area contributed by atoms with Crippen LogP contribution in [0.3, 0.4) is 0 Å². The molecular formula is C20H26N2O2. The van der Waals surface area contributed by atoms with Crippen molar-refractivity contribution < 1.29 is 9.90 Å². The van der Waals surface area contributed by atoms with Crippen molar-refractivity contribution in [2.24, 2.45) is 0 Å². The van der Waals surface area contributed by atoms with Gasteiger partial charge in [0.05, 0.1) is 11.6 Å². The van der Waals surface area contributed by atoms with E-state index >= 15 is 0 Å². The van der Waals surface area contributed by atoms with Crippen molar-refractivity contribution >= 4 is 5.91 Å². The van der Waals surface area contributed by atoms with Crippen LogP contribution in [-0.4, -0.2) is 36.6 Å². The van der Waals surface area contributed by atoms with Crippen molar-refractivity contribution in [1.82, 2.24) is 10.2 Å². The van der Waals surface area contributed by atoms with Crippen LogP contribution >= 0.6 is 0 Å². The Morgan fingerprint density at radius 1 is 1.08 bits per heavy atom. The lowest BCUT2D eigenvalue weighted by molar-refractivity contribution is 0.0939. The van der Waals surface area contributed by atoms with E-state index in [1.807, 2.05) is 34.0 Å². The van der Waals surface area contributed by atoms with E-state index in [1.54, 1.807) is 6.07 Å². The molecule has 2 aromatic carbocycles. The van der Waals surface area contributed by atoms with Crippen LogP contribution in [0.5, 0.6) is 5.75 Å². The van der Waals surface area contributed by atoms with Crippen molar-refractivity contribution in [2.75, 3.05) is 20.6 Å². The summed E-state index contributed by atoms with van der Waals surface area (Å²) in [5.41, 5.74) is 4.38. The Hall–Kier alpha value is -2.33. The zero-order chi connectivity index (χ0) is 17.9. The van der Waals surface area contributed by atoms with E-state index < -0.39 is 0 Å². The van der Waals surface area contributed by atoms with Gasteiger partial charge < -0.3 is 15.3 Å². The Morgan fingerprint density at radius 3 is 2.29 bits per heavy atom. The second-order valence-electron chi connectivity index (χ2n) is 6.50. The standard InChI is InChI=1S/C20H26N2O2/c1-13-6-9-16(10-7-13)18(22(4)5)12-21-20(24)17-11-8-14(2)15(3)19(17)23/h6-11,18,23H,12H2,1-5H3,(H,21,24)/t18-/m0/s1. The largest absolute Gasteiger partial charge is 0.507 e. The number of aryl methyl sites for hydroxylation is 2. The number of rotatable bonds is 5. The predicted molar refractivity (Wildman–Crippen MR) is 97.5 cm³/mol. The Bertz CT molecular complexity index is 721. The molecule has 0 fully saturated rings. The molecule has 0 spiro atoms.